The van der Waals surface area contributed by atoms with Crippen LogP contribution < -0.4 is 9.80 Å². The molecule has 5 nitrogen and oxygen atoms in total. The molecule has 0 heterocycles. The average Bonchev–Trinajstić information content (AvgIpc) is 3.56. The van der Waals surface area contributed by atoms with Gasteiger partial charge in [0.2, 0.25) is 5.91 Å². The van der Waals surface area contributed by atoms with E-state index in [4.69, 9.17) is 6.48 Å². The van der Waals surface area contributed by atoms with E-state index in [2.05, 4.69) is 0 Å². The van der Waals surface area contributed by atoms with Crippen molar-refractivity contribution in [2.45, 2.75) is 32.2 Å². The number of carboxylic acid groups (broad SMARTS) is 1. The highest BCUT2D eigenvalue weighted by atomic mass is 19.1. The molecular formula is C32H32F2N2O3. The number of halogens is 2. The molecule has 2 bridgehead atoms. The van der Waals surface area contributed by atoms with Crippen LogP contribution in [0.4, 0.5) is 20.2 Å². The highest BCUT2D eigenvalue weighted by Gasteiger charge is 2.44. The molecule has 4 atom stereocenters. The first-order chi connectivity index (χ1) is 19.1. The van der Waals surface area contributed by atoms with Crippen molar-refractivity contribution in [3.8, 4) is 11.1 Å². The van der Waals surface area contributed by atoms with Gasteiger partial charge in [0.15, 0.2) is 0 Å². The summed E-state index contributed by atoms with van der Waals surface area (Å²) in [6.07, 6.45) is 5.78. The van der Waals surface area contributed by atoms with Crippen LogP contribution in [0, 0.1) is 29.4 Å². The Morgan fingerprint density at radius 2 is 1.72 bits per heavy atom. The van der Waals surface area contributed by atoms with Gasteiger partial charge < -0.3 is 14.9 Å². The molecule has 3 aromatic rings. The van der Waals surface area contributed by atoms with E-state index in [9.17, 15) is 14.0 Å². The third kappa shape index (κ3) is 5.87. The third-order valence-corrected chi connectivity index (χ3v) is 7.88. The molecule has 2 aliphatic carbocycles. The second-order valence-electron chi connectivity index (χ2n) is 10.7. The minimum atomic E-state index is -1.46. The van der Waals surface area contributed by atoms with Gasteiger partial charge in [-0.3, -0.25) is 4.79 Å². The molecule has 0 unspecified atom stereocenters. The van der Waals surface area contributed by atoms with Gasteiger partial charge in [-0.2, -0.15) is 0 Å². The highest BCUT2D eigenvalue weighted by Crippen LogP contribution is 2.49. The van der Waals surface area contributed by atoms with Crippen molar-refractivity contribution in [2.24, 2.45) is 17.8 Å². The maximum atomic E-state index is 15.6. The molecule has 0 radical (unpaired) electrons. The normalized spacial score (nSPS) is 21.1. The van der Waals surface area contributed by atoms with E-state index in [1.807, 2.05) is 43.3 Å². The van der Waals surface area contributed by atoms with E-state index < -0.39 is 24.1 Å². The number of aliphatic carboxylic acids is 1. The molecule has 0 aromatic heterocycles. The first-order valence-corrected chi connectivity index (χ1v) is 13.1. The second kappa shape index (κ2) is 11.0. The Bertz CT molecular complexity index is 1460. The fourth-order valence-corrected chi connectivity index (χ4v) is 5.89. The molecule has 1 amide bonds. The minimum Gasteiger partial charge on any atom is -0.478 e. The van der Waals surface area contributed by atoms with Crippen molar-refractivity contribution < 1.29 is 24.8 Å². The zero-order chi connectivity index (χ0) is 28.6. The van der Waals surface area contributed by atoms with Crippen LogP contribution in [0.1, 0.15) is 38.2 Å². The van der Waals surface area contributed by atoms with Crippen LogP contribution in [-0.4, -0.2) is 31.1 Å². The lowest BCUT2D eigenvalue weighted by molar-refractivity contribution is -0.131. The number of hydrogen-bond donors (Lipinski definition) is 1. The van der Waals surface area contributed by atoms with E-state index in [1.54, 1.807) is 6.07 Å². The Kier molecular flexibility index (Phi) is 7.14. The van der Waals surface area contributed by atoms with Gasteiger partial charge in [0, 0.05) is 43.0 Å². The predicted octanol–water partition coefficient (Wildman–Crippen LogP) is 6.77. The molecule has 1 N–H and O–H groups in total. The Morgan fingerprint density at radius 1 is 0.974 bits per heavy atom. The highest BCUT2D eigenvalue weighted by molar-refractivity contribution is 5.96. The SMILES string of the molecule is [2H][C@H](c1ccc(-c2ccc(N(C)C)cc2)cc1F)N(C(=O)[C@H]1C[C@H]2CC[C@@H]1C2)c1cc(F)cc(/C=C/C(=O)O)c1. The number of anilines is 2. The summed E-state index contributed by atoms with van der Waals surface area (Å²) in [6.45, 7) is -1.46. The largest absolute Gasteiger partial charge is 0.478 e. The number of rotatable bonds is 8. The predicted molar refractivity (Wildman–Crippen MR) is 149 cm³/mol. The molecule has 202 valence electrons. The number of fused-ring (bicyclic) bond motifs is 2. The molecule has 2 fully saturated rings. The number of hydrogen-bond acceptors (Lipinski definition) is 3. The fourth-order valence-electron chi connectivity index (χ4n) is 5.89. The van der Waals surface area contributed by atoms with Crippen molar-refractivity contribution in [2.75, 3.05) is 23.9 Å². The molecule has 5 rings (SSSR count). The van der Waals surface area contributed by atoms with Crippen LogP contribution in [0.5, 0.6) is 0 Å². The lowest BCUT2D eigenvalue weighted by atomic mass is 9.87. The summed E-state index contributed by atoms with van der Waals surface area (Å²) in [7, 11) is 3.87. The smallest absolute Gasteiger partial charge is 0.328 e. The quantitative estimate of drug-likeness (QED) is 0.326. The van der Waals surface area contributed by atoms with Crippen molar-refractivity contribution in [3.63, 3.8) is 0 Å². The van der Waals surface area contributed by atoms with Crippen LogP contribution in [0.3, 0.4) is 0 Å². The summed E-state index contributed by atoms with van der Waals surface area (Å²) in [5, 5.41) is 9.01. The van der Waals surface area contributed by atoms with Crippen LogP contribution >= 0.6 is 0 Å². The molecule has 2 saturated carbocycles. The standard InChI is InChI=1S/C32H32F2N2O3/c1-35(2)27-10-8-22(9-11-27)23-6-7-25(30(34)17-23)19-36(32(39)29-16-20-3-5-24(29)13-20)28-15-21(4-12-31(37)38)14-26(33)18-28/h4,6-12,14-15,17-18,20,24,29H,3,5,13,16,19H2,1-2H3,(H,37,38)/b12-4+/t20-,24+,29-/m0/s1/i19D/t19-,20+,24-,29+/m1. The number of carbonyl (C=O) groups excluding carboxylic acids is 1. The van der Waals surface area contributed by atoms with Crippen LogP contribution in [0.2, 0.25) is 0 Å². The molecular weight excluding hydrogens is 498 g/mol. The molecule has 0 spiro atoms. The fraction of sp³-hybridized carbons (Fsp3) is 0.312. The zero-order valence-electron chi connectivity index (χ0n) is 23.0. The number of nitrogens with zero attached hydrogens (tertiary/aromatic N) is 2. The summed E-state index contributed by atoms with van der Waals surface area (Å²) in [6, 6.07) is 16.0. The zero-order valence-corrected chi connectivity index (χ0v) is 22.0. The Hall–Kier alpha value is -4.00. The van der Waals surface area contributed by atoms with Crippen LogP contribution in [0.15, 0.2) is 66.7 Å². The molecule has 39 heavy (non-hydrogen) atoms. The minimum absolute atomic E-state index is 0.00272. The summed E-state index contributed by atoms with van der Waals surface area (Å²) in [5.74, 6) is -2.50. The van der Waals surface area contributed by atoms with Gasteiger partial charge in [-0.1, -0.05) is 30.7 Å². The van der Waals surface area contributed by atoms with Crippen molar-refractivity contribution in [3.05, 3.63) is 89.5 Å². The number of carboxylic acids is 1. The van der Waals surface area contributed by atoms with Crippen LogP contribution in [-0.2, 0) is 16.1 Å². The number of carbonyl (C=O) groups is 2. The molecule has 7 heteroatoms. The van der Waals surface area contributed by atoms with E-state index in [-0.39, 0.29) is 34.6 Å². The van der Waals surface area contributed by atoms with Gasteiger partial charge in [0.25, 0.3) is 0 Å². The summed E-state index contributed by atoms with van der Waals surface area (Å²) in [4.78, 5) is 28.1. The molecule has 2 aliphatic rings. The first-order valence-electron chi connectivity index (χ1n) is 13.7. The van der Waals surface area contributed by atoms with E-state index in [0.717, 1.165) is 48.7 Å². The Morgan fingerprint density at radius 3 is 2.33 bits per heavy atom. The van der Waals surface area contributed by atoms with E-state index in [0.29, 0.717) is 17.9 Å². The van der Waals surface area contributed by atoms with Gasteiger partial charge in [0.1, 0.15) is 11.6 Å². The summed E-state index contributed by atoms with van der Waals surface area (Å²) < 4.78 is 39.4. The maximum absolute atomic E-state index is 15.6. The van der Waals surface area contributed by atoms with Gasteiger partial charge in [-0.15, -0.1) is 0 Å². The van der Waals surface area contributed by atoms with E-state index in [1.165, 1.54) is 29.2 Å². The van der Waals surface area contributed by atoms with Crippen LogP contribution in [0.25, 0.3) is 17.2 Å². The topological polar surface area (TPSA) is 60.9 Å². The van der Waals surface area contributed by atoms with Gasteiger partial charge >= 0.3 is 5.97 Å². The van der Waals surface area contributed by atoms with Gasteiger partial charge in [-0.05, 0) is 90.3 Å². The van der Waals surface area contributed by atoms with Crippen molar-refractivity contribution >= 4 is 29.3 Å². The molecule has 3 aromatic carbocycles. The summed E-state index contributed by atoms with van der Waals surface area (Å²) in [5.41, 5.74) is 2.78. The number of amides is 1. The summed E-state index contributed by atoms with van der Waals surface area (Å²) >= 11 is 0. The molecule has 0 aliphatic heterocycles. The lowest BCUT2D eigenvalue weighted by Crippen LogP contribution is -2.38. The van der Waals surface area contributed by atoms with E-state index >= 15 is 4.39 Å². The van der Waals surface area contributed by atoms with Crippen molar-refractivity contribution in [1.29, 1.82) is 0 Å². The maximum Gasteiger partial charge on any atom is 0.328 e. The van der Waals surface area contributed by atoms with Gasteiger partial charge in [0.05, 0.1) is 7.89 Å². The number of benzene rings is 3. The Balaban J connectivity index is 1.51. The second-order valence-corrected chi connectivity index (χ2v) is 10.7. The van der Waals surface area contributed by atoms with Crippen molar-refractivity contribution in [1.82, 2.24) is 0 Å². The van der Waals surface area contributed by atoms with Gasteiger partial charge in [-0.25, -0.2) is 13.6 Å². The lowest BCUT2D eigenvalue weighted by Gasteiger charge is -2.30. The average molecular weight is 532 g/mol. The Labute approximate surface area is 228 Å². The first kappa shape index (κ1) is 25.3. The monoisotopic (exact) mass is 531 g/mol. The molecule has 0 saturated heterocycles. The third-order valence-electron chi connectivity index (χ3n) is 7.88.